The van der Waals surface area contributed by atoms with E-state index in [9.17, 15) is 9.90 Å². The maximum atomic E-state index is 13.1. The third kappa shape index (κ3) is 4.85. The van der Waals surface area contributed by atoms with Crippen molar-refractivity contribution < 1.29 is 14.6 Å². The molecule has 0 fully saturated rings. The summed E-state index contributed by atoms with van der Waals surface area (Å²) in [6, 6.07) is 19.0. The van der Waals surface area contributed by atoms with Crippen molar-refractivity contribution in [1.82, 2.24) is 0 Å². The lowest BCUT2D eigenvalue weighted by atomic mass is 9.79. The Hall–Kier alpha value is -2.33. The minimum absolute atomic E-state index is 0.0904. The zero-order chi connectivity index (χ0) is 19.2. The number of anilines is 1. The molecule has 26 heavy (non-hydrogen) atoms. The molecule has 2 aromatic carbocycles. The van der Waals surface area contributed by atoms with Crippen molar-refractivity contribution in [3.63, 3.8) is 0 Å². The summed E-state index contributed by atoms with van der Waals surface area (Å²) in [6.45, 7) is 7.60. The molecular weight excluding hydrogens is 326 g/mol. The van der Waals surface area contributed by atoms with Gasteiger partial charge in [0.25, 0.3) is 0 Å². The number of rotatable bonds is 8. The second-order valence-electron chi connectivity index (χ2n) is 7.20. The lowest BCUT2D eigenvalue weighted by molar-refractivity contribution is -0.156. The molecule has 0 heterocycles. The van der Waals surface area contributed by atoms with Crippen molar-refractivity contribution in [2.75, 3.05) is 5.32 Å². The Balaban J connectivity index is 2.39. The van der Waals surface area contributed by atoms with Gasteiger partial charge in [-0.3, -0.25) is 0 Å². The molecule has 4 heteroatoms. The Labute approximate surface area is 156 Å². The smallest absolute Gasteiger partial charge is 0.332 e. The molecule has 2 aromatic rings. The maximum Gasteiger partial charge on any atom is 0.332 e. The summed E-state index contributed by atoms with van der Waals surface area (Å²) in [7, 11) is 0. The molecule has 0 aliphatic rings. The zero-order valence-electron chi connectivity index (χ0n) is 16.0. The minimum atomic E-state index is -1.04. The molecule has 0 saturated heterocycles. The molecule has 0 aliphatic heterocycles. The summed E-state index contributed by atoms with van der Waals surface area (Å²) in [6.07, 6.45) is -0.795. The number of aliphatic hydroxyl groups excluding tert-OH is 1. The highest BCUT2D eigenvalue weighted by Crippen LogP contribution is 2.34. The van der Waals surface area contributed by atoms with Crippen LogP contribution in [0.3, 0.4) is 0 Å². The molecule has 0 saturated carbocycles. The quantitative estimate of drug-likeness (QED) is 0.681. The van der Waals surface area contributed by atoms with Crippen LogP contribution in [0, 0.1) is 5.92 Å². The molecule has 0 radical (unpaired) electrons. The molecule has 4 nitrogen and oxygen atoms in total. The van der Waals surface area contributed by atoms with E-state index in [-0.39, 0.29) is 24.4 Å². The van der Waals surface area contributed by atoms with Gasteiger partial charge in [0.2, 0.25) is 0 Å². The van der Waals surface area contributed by atoms with Crippen LogP contribution in [-0.4, -0.2) is 22.7 Å². The van der Waals surface area contributed by atoms with Crippen LogP contribution in [0.25, 0.3) is 0 Å². The van der Waals surface area contributed by atoms with E-state index >= 15 is 0 Å². The summed E-state index contributed by atoms with van der Waals surface area (Å²) in [5, 5.41) is 14.2. The predicted octanol–water partition coefficient (Wildman–Crippen LogP) is 4.57. The van der Waals surface area contributed by atoms with Gasteiger partial charge in [-0.25, -0.2) is 4.79 Å². The first-order chi connectivity index (χ1) is 12.3. The first kappa shape index (κ1) is 20.0. The Bertz CT molecular complexity index is 685. The maximum absolute atomic E-state index is 13.1. The lowest BCUT2D eigenvalue weighted by Crippen LogP contribution is -2.53. The van der Waals surface area contributed by atoms with E-state index < -0.39 is 11.6 Å². The molecule has 0 spiro atoms. The normalized spacial score (nSPS) is 14.7. The fraction of sp³-hybridized carbons (Fsp3) is 0.409. The van der Waals surface area contributed by atoms with E-state index in [1.54, 1.807) is 0 Å². The van der Waals surface area contributed by atoms with Gasteiger partial charge in [-0.05, 0) is 37.5 Å². The van der Waals surface area contributed by atoms with Crippen molar-refractivity contribution in [3.05, 3.63) is 66.2 Å². The molecule has 0 aliphatic carbocycles. The average molecular weight is 355 g/mol. The number of aliphatic hydroxyl groups is 1. The van der Waals surface area contributed by atoms with Gasteiger partial charge in [0.05, 0.1) is 12.2 Å². The number of nitrogens with one attached hydrogen (secondary N) is 1. The fourth-order valence-corrected chi connectivity index (χ4v) is 3.00. The summed E-state index contributed by atoms with van der Waals surface area (Å²) in [5.41, 5.74) is 0.563. The van der Waals surface area contributed by atoms with Crippen molar-refractivity contribution in [3.8, 4) is 0 Å². The van der Waals surface area contributed by atoms with Crippen LogP contribution in [-0.2, 0) is 9.53 Å². The van der Waals surface area contributed by atoms with E-state index in [1.165, 1.54) is 0 Å². The number of esters is 1. The molecule has 0 amide bonds. The van der Waals surface area contributed by atoms with Gasteiger partial charge in [0, 0.05) is 12.1 Å². The van der Waals surface area contributed by atoms with Gasteiger partial charge in [-0.2, -0.15) is 0 Å². The number of benzene rings is 2. The number of para-hydroxylation sites is 1. The Kier molecular flexibility index (Phi) is 6.81. The predicted molar refractivity (Wildman–Crippen MR) is 105 cm³/mol. The number of carbonyl (C=O) groups excluding carboxylic acids is 1. The monoisotopic (exact) mass is 355 g/mol. The molecular formula is C22H29NO3. The first-order valence-corrected chi connectivity index (χ1v) is 9.12. The highest BCUT2D eigenvalue weighted by atomic mass is 16.5. The second kappa shape index (κ2) is 8.86. The Morgan fingerprint density at radius 1 is 1.00 bits per heavy atom. The molecule has 1 unspecified atom stereocenters. The SMILES string of the molecule is CC(C)OC(=O)C(C[C@@H](O)c1ccccc1)(Nc1ccccc1)C(C)C. The highest BCUT2D eigenvalue weighted by Gasteiger charge is 2.45. The molecule has 2 rings (SSSR count). The minimum Gasteiger partial charge on any atom is -0.461 e. The third-order valence-corrected chi connectivity index (χ3v) is 4.53. The van der Waals surface area contributed by atoms with Crippen molar-refractivity contribution in [2.45, 2.75) is 51.9 Å². The summed E-state index contributed by atoms with van der Waals surface area (Å²) < 4.78 is 5.57. The van der Waals surface area contributed by atoms with E-state index in [0.717, 1.165) is 11.3 Å². The van der Waals surface area contributed by atoms with Crippen LogP contribution in [0.2, 0.25) is 0 Å². The van der Waals surface area contributed by atoms with Gasteiger partial charge < -0.3 is 15.2 Å². The van der Waals surface area contributed by atoms with Crippen molar-refractivity contribution >= 4 is 11.7 Å². The number of hydrogen-bond acceptors (Lipinski definition) is 4. The highest BCUT2D eigenvalue weighted by molar-refractivity contribution is 5.85. The van der Waals surface area contributed by atoms with Crippen LogP contribution in [0.4, 0.5) is 5.69 Å². The largest absolute Gasteiger partial charge is 0.461 e. The molecule has 2 atom stereocenters. The van der Waals surface area contributed by atoms with Gasteiger partial charge in [-0.15, -0.1) is 0 Å². The van der Waals surface area contributed by atoms with E-state index in [0.29, 0.717) is 0 Å². The van der Waals surface area contributed by atoms with Gasteiger partial charge in [0.1, 0.15) is 5.54 Å². The van der Waals surface area contributed by atoms with Crippen LogP contribution < -0.4 is 5.32 Å². The molecule has 0 bridgehead atoms. The number of hydrogen-bond donors (Lipinski definition) is 2. The molecule has 140 valence electrons. The molecule has 0 aromatic heterocycles. The van der Waals surface area contributed by atoms with Gasteiger partial charge in [0.15, 0.2) is 0 Å². The fourth-order valence-electron chi connectivity index (χ4n) is 3.00. The van der Waals surface area contributed by atoms with Crippen LogP contribution in [0.15, 0.2) is 60.7 Å². The topological polar surface area (TPSA) is 58.6 Å². The summed E-state index contributed by atoms with van der Waals surface area (Å²) in [5.74, 6) is -0.436. The third-order valence-electron chi connectivity index (χ3n) is 4.53. The van der Waals surface area contributed by atoms with Crippen molar-refractivity contribution in [2.24, 2.45) is 5.92 Å². The van der Waals surface area contributed by atoms with Gasteiger partial charge in [-0.1, -0.05) is 62.4 Å². The Morgan fingerprint density at radius 3 is 2.04 bits per heavy atom. The number of carbonyl (C=O) groups is 1. The van der Waals surface area contributed by atoms with E-state index in [1.807, 2.05) is 88.4 Å². The summed E-state index contributed by atoms with van der Waals surface area (Å²) >= 11 is 0. The summed E-state index contributed by atoms with van der Waals surface area (Å²) in [4.78, 5) is 13.1. The first-order valence-electron chi connectivity index (χ1n) is 9.12. The van der Waals surface area contributed by atoms with E-state index in [2.05, 4.69) is 5.32 Å². The van der Waals surface area contributed by atoms with E-state index in [4.69, 9.17) is 4.74 Å². The van der Waals surface area contributed by atoms with Crippen LogP contribution in [0.5, 0.6) is 0 Å². The standard InChI is InChI=1S/C22H29NO3/c1-16(2)22(21(25)26-17(3)4,23-19-13-9-6-10-14-19)15-20(24)18-11-7-5-8-12-18/h5-14,16-17,20,23-24H,15H2,1-4H3/t20-,22?/m1/s1. The van der Waals surface area contributed by atoms with Gasteiger partial charge >= 0.3 is 5.97 Å². The second-order valence-corrected chi connectivity index (χ2v) is 7.20. The molecule has 2 N–H and O–H groups in total. The lowest BCUT2D eigenvalue weighted by Gasteiger charge is -2.39. The van der Waals surface area contributed by atoms with Crippen LogP contribution in [0.1, 0.15) is 45.8 Å². The zero-order valence-corrected chi connectivity index (χ0v) is 16.0. The van der Waals surface area contributed by atoms with Crippen molar-refractivity contribution in [1.29, 1.82) is 0 Å². The number of ether oxygens (including phenoxy) is 1. The Morgan fingerprint density at radius 2 is 1.54 bits per heavy atom. The average Bonchev–Trinajstić information content (AvgIpc) is 2.61. The van der Waals surface area contributed by atoms with Crippen LogP contribution >= 0.6 is 0 Å².